The van der Waals surface area contributed by atoms with Gasteiger partial charge in [-0.3, -0.25) is 14.2 Å². The zero-order valence-corrected chi connectivity index (χ0v) is 20.4. The Balaban J connectivity index is 1.21. The highest BCUT2D eigenvalue weighted by atomic mass is 32.1. The highest BCUT2D eigenvalue weighted by Crippen LogP contribution is 2.32. The number of amides is 1. The Bertz CT molecular complexity index is 1790. The topological polar surface area (TPSA) is 73.2 Å². The molecule has 7 heteroatoms. The lowest BCUT2D eigenvalue weighted by atomic mass is 10.0. The van der Waals surface area contributed by atoms with Gasteiger partial charge in [0.1, 0.15) is 22.9 Å². The van der Waals surface area contributed by atoms with Crippen molar-refractivity contribution >= 4 is 43.9 Å². The minimum Gasteiger partial charge on any atom is -0.457 e. The SMILES string of the molecule is O=C(Cn1cnc2scc(-c3ccc4ccccc4c3)c2c1=O)Nc1ccc(Oc2ccccc2)cc1. The van der Waals surface area contributed by atoms with Crippen LogP contribution in [0.4, 0.5) is 5.69 Å². The number of nitrogens with one attached hydrogen (secondary N) is 1. The van der Waals surface area contributed by atoms with Crippen LogP contribution in [0.2, 0.25) is 0 Å². The molecule has 0 saturated heterocycles. The van der Waals surface area contributed by atoms with Crippen molar-refractivity contribution in [2.24, 2.45) is 0 Å². The average Bonchev–Trinajstić information content (AvgIpc) is 3.37. The predicted octanol–water partition coefficient (Wildman–Crippen LogP) is 6.71. The summed E-state index contributed by atoms with van der Waals surface area (Å²) in [5.74, 6) is 1.08. The average molecular weight is 504 g/mol. The van der Waals surface area contributed by atoms with Crippen LogP contribution in [0.1, 0.15) is 0 Å². The number of nitrogens with zero attached hydrogens (tertiary/aromatic N) is 2. The zero-order valence-electron chi connectivity index (χ0n) is 19.6. The standard InChI is InChI=1S/C30H21N3O3S/c34-27(32-23-12-14-25(15-13-23)36-24-8-2-1-3-9-24)17-33-19-31-29-28(30(33)35)26(18-37-29)22-11-10-20-6-4-5-7-21(20)16-22/h1-16,18-19H,17H2,(H,32,34). The molecule has 2 aromatic heterocycles. The second kappa shape index (κ2) is 9.72. The van der Waals surface area contributed by atoms with E-state index in [1.165, 1.54) is 22.2 Å². The van der Waals surface area contributed by atoms with Gasteiger partial charge in [-0.15, -0.1) is 11.3 Å². The number of ether oxygens (including phenoxy) is 1. The molecule has 0 unspecified atom stereocenters. The van der Waals surface area contributed by atoms with Crippen molar-refractivity contribution in [3.63, 3.8) is 0 Å². The molecule has 6 rings (SSSR count). The number of benzene rings is 4. The van der Waals surface area contributed by atoms with Crippen LogP contribution in [-0.2, 0) is 11.3 Å². The van der Waals surface area contributed by atoms with Crippen LogP contribution in [0.5, 0.6) is 11.5 Å². The second-order valence-electron chi connectivity index (χ2n) is 8.56. The summed E-state index contributed by atoms with van der Waals surface area (Å²) in [6, 6.07) is 30.8. The van der Waals surface area contributed by atoms with Gasteiger partial charge in [-0.2, -0.15) is 0 Å². The van der Waals surface area contributed by atoms with Gasteiger partial charge in [-0.05, 0) is 58.8 Å². The molecule has 0 radical (unpaired) electrons. The van der Waals surface area contributed by atoms with Gasteiger partial charge in [0, 0.05) is 16.6 Å². The van der Waals surface area contributed by atoms with E-state index >= 15 is 0 Å². The van der Waals surface area contributed by atoms with Crippen molar-refractivity contribution < 1.29 is 9.53 Å². The molecule has 0 saturated carbocycles. The van der Waals surface area contributed by atoms with Crippen molar-refractivity contribution in [1.29, 1.82) is 0 Å². The van der Waals surface area contributed by atoms with Gasteiger partial charge in [0.25, 0.3) is 5.56 Å². The summed E-state index contributed by atoms with van der Waals surface area (Å²) < 4.78 is 7.14. The maximum atomic E-state index is 13.4. The fourth-order valence-electron chi connectivity index (χ4n) is 4.24. The maximum absolute atomic E-state index is 13.4. The van der Waals surface area contributed by atoms with Gasteiger partial charge in [0.2, 0.25) is 5.91 Å². The molecule has 1 N–H and O–H groups in total. The molecule has 1 amide bonds. The van der Waals surface area contributed by atoms with E-state index in [4.69, 9.17) is 4.74 Å². The van der Waals surface area contributed by atoms with E-state index in [9.17, 15) is 9.59 Å². The van der Waals surface area contributed by atoms with E-state index in [0.29, 0.717) is 21.7 Å². The third-order valence-electron chi connectivity index (χ3n) is 6.05. The normalized spacial score (nSPS) is 11.0. The molecule has 0 aliphatic rings. The second-order valence-corrected chi connectivity index (χ2v) is 9.41. The molecule has 0 fully saturated rings. The molecule has 0 bridgehead atoms. The van der Waals surface area contributed by atoms with E-state index in [1.807, 2.05) is 60.0 Å². The highest BCUT2D eigenvalue weighted by Gasteiger charge is 2.15. The molecular formula is C30H21N3O3S. The van der Waals surface area contributed by atoms with Crippen LogP contribution >= 0.6 is 11.3 Å². The number of carbonyl (C=O) groups excluding carboxylic acids is 1. The lowest BCUT2D eigenvalue weighted by Crippen LogP contribution is -2.27. The zero-order chi connectivity index (χ0) is 25.2. The Kier molecular flexibility index (Phi) is 5.96. The summed E-state index contributed by atoms with van der Waals surface area (Å²) in [5, 5.41) is 7.55. The van der Waals surface area contributed by atoms with Crippen LogP contribution in [0.25, 0.3) is 32.1 Å². The molecule has 0 spiro atoms. The molecule has 180 valence electrons. The minimum absolute atomic E-state index is 0.142. The number of hydrogen-bond donors (Lipinski definition) is 1. The van der Waals surface area contributed by atoms with Crippen LogP contribution in [0.3, 0.4) is 0 Å². The van der Waals surface area contributed by atoms with Gasteiger partial charge >= 0.3 is 0 Å². The summed E-state index contributed by atoms with van der Waals surface area (Å²) in [6.45, 7) is -0.142. The van der Waals surface area contributed by atoms with Crippen LogP contribution in [0.15, 0.2) is 114 Å². The van der Waals surface area contributed by atoms with Gasteiger partial charge in [0.05, 0.1) is 11.7 Å². The van der Waals surface area contributed by atoms with Crippen molar-refractivity contribution in [3.05, 3.63) is 119 Å². The lowest BCUT2D eigenvalue weighted by Gasteiger charge is -2.09. The van der Waals surface area contributed by atoms with Crippen molar-refractivity contribution in [3.8, 4) is 22.6 Å². The summed E-state index contributed by atoms with van der Waals surface area (Å²) in [7, 11) is 0. The number of aromatic nitrogens is 2. The van der Waals surface area contributed by atoms with Crippen LogP contribution in [0, 0.1) is 0 Å². The summed E-state index contributed by atoms with van der Waals surface area (Å²) in [6.07, 6.45) is 1.43. The van der Waals surface area contributed by atoms with Gasteiger partial charge < -0.3 is 10.1 Å². The quantitative estimate of drug-likeness (QED) is 0.274. The lowest BCUT2D eigenvalue weighted by molar-refractivity contribution is -0.116. The number of carbonyl (C=O) groups is 1. The largest absolute Gasteiger partial charge is 0.457 e. The minimum atomic E-state index is -0.317. The fourth-order valence-corrected chi connectivity index (χ4v) is 5.14. The Morgan fingerprint density at radius 3 is 2.41 bits per heavy atom. The van der Waals surface area contributed by atoms with E-state index in [1.54, 1.807) is 24.3 Å². The molecule has 0 aliphatic heterocycles. The Morgan fingerprint density at radius 2 is 1.59 bits per heavy atom. The summed E-state index contributed by atoms with van der Waals surface area (Å²) >= 11 is 1.42. The highest BCUT2D eigenvalue weighted by molar-refractivity contribution is 7.17. The first-order chi connectivity index (χ1) is 18.1. The number of rotatable bonds is 6. The third kappa shape index (κ3) is 4.72. The number of thiophene rings is 1. The van der Waals surface area contributed by atoms with Crippen molar-refractivity contribution in [2.45, 2.75) is 6.54 Å². The summed E-state index contributed by atoms with van der Waals surface area (Å²) in [5.41, 5.74) is 2.15. The first-order valence-electron chi connectivity index (χ1n) is 11.7. The molecule has 0 atom stereocenters. The maximum Gasteiger partial charge on any atom is 0.263 e. The van der Waals surface area contributed by atoms with E-state index in [2.05, 4.69) is 28.5 Å². The molecular weight excluding hydrogens is 482 g/mol. The monoisotopic (exact) mass is 503 g/mol. The smallest absolute Gasteiger partial charge is 0.263 e. The Hall–Kier alpha value is -4.75. The third-order valence-corrected chi connectivity index (χ3v) is 6.94. The first-order valence-corrected chi connectivity index (χ1v) is 12.6. The Labute approximate surface area is 216 Å². The van der Waals surface area contributed by atoms with Gasteiger partial charge in [-0.25, -0.2) is 4.98 Å². The number of para-hydroxylation sites is 1. The van der Waals surface area contributed by atoms with Crippen LogP contribution in [-0.4, -0.2) is 15.5 Å². The van der Waals surface area contributed by atoms with Gasteiger partial charge in [0.15, 0.2) is 0 Å². The number of anilines is 1. The molecule has 6 aromatic rings. The first kappa shape index (κ1) is 22.7. The molecule has 37 heavy (non-hydrogen) atoms. The van der Waals surface area contributed by atoms with Gasteiger partial charge in [-0.1, -0.05) is 54.6 Å². The van der Waals surface area contributed by atoms with E-state index < -0.39 is 0 Å². The van der Waals surface area contributed by atoms with E-state index in [0.717, 1.165) is 27.6 Å². The molecule has 2 heterocycles. The molecule has 6 nitrogen and oxygen atoms in total. The molecule has 4 aromatic carbocycles. The summed E-state index contributed by atoms with van der Waals surface area (Å²) in [4.78, 5) is 31.2. The van der Waals surface area contributed by atoms with Crippen LogP contribution < -0.4 is 15.6 Å². The fraction of sp³-hybridized carbons (Fsp3) is 0.0333. The molecule has 0 aliphatic carbocycles. The number of hydrogen-bond acceptors (Lipinski definition) is 5. The van der Waals surface area contributed by atoms with E-state index in [-0.39, 0.29) is 18.0 Å². The Morgan fingerprint density at radius 1 is 0.865 bits per heavy atom. The number of fused-ring (bicyclic) bond motifs is 2. The van der Waals surface area contributed by atoms with Crippen molar-refractivity contribution in [1.82, 2.24) is 9.55 Å². The predicted molar refractivity (Wildman–Crippen MR) is 148 cm³/mol. The van der Waals surface area contributed by atoms with Crippen molar-refractivity contribution in [2.75, 3.05) is 5.32 Å².